The van der Waals surface area contributed by atoms with Gasteiger partial charge in [0.2, 0.25) is 0 Å². The Kier molecular flexibility index (Phi) is 3.69. The fourth-order valence-corrected chi connectivity index (χ4v) is 2.62. The van der Waals surface area contributed by atoms with Crippen LogP contribution in [0.1, 0.15) is 19.8 Å². The van der Waals surface area contributed by atoms with Crippen molar-refractivity contribution < 1.29 is 4.74 Å². The molecule has 1 atom stereocenters. The van der Waals surface area contributed by atoms with Crippen LogP contribution in [0.3, 0.4) is 0 Å². The molecule has 0 spiro atoms. The Morgan fingerprint density at radius 1 is 1.30 bits per heavy atom. The van der Waals surface area contributed by atoms with Crippen LogP contribution in [0.5, 0.6) is 5.88 Å². The van der Waals surface area contributed by atoms with E-state index in [0.29, 0.717) is 12.5 Å². The van der Waals surface area contributed by atoms with Gasteiger partial charge in [-0.1, -0.05) is 12.1 Å². The van der Waals surface area contributed by atoms with Gasteiger partial charge in [0.25, 0.3) is 5.88 Å². The van der Waals surface area contributed by atoms with Crippen molar-refractivity contribution in [3.05, 3.63) is 24.3 Å². The number of hydrogen-bond acceptors (Lipinski definition) is 5. The lowest BCUT2D eigenvalue weighted by atomic mass is 10.1. The SMILES string of the molecule is CCOc1nc2ccccc2nc1N1CCC[C@H](N)C1. The molecule has 0 amide bonds. The van der Waals surface area contributed by atoms with Gasteiger partial charge in [-0.3, -0.25) is 0 Å². The standard InChI is InChI=1S/C15H20N4O/c1-2-20-15-14(19-9-5-6-11(16)10-19)17-12-7-3-4-8-13(12)18-15/h3-4,7-8,11H,2,5-6,9-10,16H2,1H3/t11-/m0/s1. The Bertz CT molecular complexity index is 601. The zero-order chi connectivity index (χ0) is 13.9. The van der Waals surface area contributed by atoms with E-state index in [1.165, 1.54) is 0 Å². The second-order valence-electron chi connectivity index (χ2n) is 5.12. The van der Waals surface area contributed by atoms with Gasteiger partial charge in [0, 0.05) is 19.1 Å². The second-order valence-corrected chi connectivity index (χ2v) is 5.12. The highest BCUT2D eigenvalue weighted by molar-refractivity contribution is 5.77. The number of piperidine rings is 1. The molecular formula is C15H20N4O. The van der Waals surface area contributed by atoms with Crippen LogP contribution in [-0.2, 0) is 0 Å². The van der Waals surface area contributed by atoms with Crippen LogP contribution in [0.4, 0.5) is 5.82 Å². The van der Waals surface area contributed by atoms with Gasteiger partial charge in [0.05, 0.1) is 17.6 Å². The summed E-state index contributed by atoms with van der Waals surface area (Å²) in [7, 11) is 0. The first-order valence-corrected chi connectivity index (χ1v) is 7.18. The molecule has 5 nitrogen and oxygen atoms in total. The van der Waals surface area contributed by atoms with Crippen molar-refractivity contribution in [2.24, 2.45) is 5.73 Å². The molecule has 1 aromatic heterocycles. The molecule has 1 aliphatic rings. The van der Waals surface area contributed by atoms with E-state index in [1.807, 2.05) is 31.2 Å². The molecule has 1 aromatic carbocycles. The quantitative estimate of drug-likeness (QED) is 0.925. The Hall–Kier alpha value is -1.88. The zero-order valence-corrected chi connectivity index (χ0v) is 11.7. The maximum Gasteiger partial charge on any atom is 0.258 e. The van der Waals surface area contributed by atoms with Gasteiger partial charge in [-0.2, -0.15) is 0 Å². The number of hydrogen-bond donors (Lipinski definition) is 1. The molecule has 5 heteroatoms. The van der Waals surface area contributed by atoms with Gasteiger partial charge in [0.15, 0.2) is 5.82 Å². The number of aromatic nitrogens is 2. The smallest absolute Gasteiger partial charge is 0.258 e. The third kappa shape index (κ3) is 2.54. The Morgan fingerprint density at radius 2 is 2.05 bits per heavy atom. The van der Waals surface area contributed by atoms with Crippen LogP contribution >= 0.6 is 0 Å². The van der Waals surface area contributed by atoms with Crippen LogP contribution in [0.25, 0.3) is 11.0 Å². The number of nitrogens with zero attached hydrogens (tertiary/aromatic N) is 3. The Balaban J connectivity index is 2.04. The average molecular weight is 272 g/mol. The summed E-state index contributed by atoms with van der Waals surface area (Å²) in [5.41, 5.74) is 7.82. The van der Waals surface area contributed by atoms with E-state index in [4.69, 9.17) is 15.5 Å². The fourth-order valence-electron chi connectivity index (χ4n) is 2.62. The monoisotopic (exact) mass is 272 g/mol. The molecule has 0 saturated carbocycles. The third-order valence-electron chi connectivity index (χ3n) is 3.56. The normalized spacial score (nSPS) is 19.3. The summed E-state index contributed by atoms with van der Waals surface area (Å²) in [5.74, 6) is 1.43. The molecule has 0 radical (unpaired) electrons. The molecule has 0 aliphatic carbocycles. The van der Waals surface area contributed by atoms with Crippen LogP contribution < -0.4 is 15.4 Å². The van der Waals surface area contributed by atoms with Crippen molar-refractivity contribution in [2.45, 2.75) is 25.8 Å². The molecule has 1 saturated heterocycles. The summed E-state index contributed by atoms with van der Waals surface area (Å²) < 4.78 is 5.68. The van der Waals surface area contributed by atoms with Gasteiger partial charge < -0.3 is 15.4 Å². The molecule has 0 bridgehead atoms. The van der Waals surface area contributed by atoms with Crippen molar-refractivity contribution in [2.75, 3.05) is 24.6 Å². The highest BCUT2D eigenvalue weighted by Crippen LogP contribution is 2.28. The van der Waals surface area contributed by atoms with E-state index in [9.17, 15) is 0 Å². The van der Waals surface area contributed by atoms with E-state index in [-0.39, 0.29) is 6.04 Å². The second kappa shape index (κ2) is 5.63. The van der Waals surface area contributed by atoms with Gasteiger partial charge in [-0.15, -0.1) is 0 Å². The van der Waals surface area contributed by atoms with Gasteiger partial charge in [-0.05, 0) is 31.9 Å². The fraction of sp³-hybridized carbons (Fsp3) is 0.467. The van der Waals surface area contributed by atoms with Gasteiger partial charge in [-0.25, -0.2) is 9.97 Å². The largest absolute Gasteiger partial charge is 0.475 e. The van der Waals surface area contributed by atoms with E-state index in [2.05, 4.69) is 9.88 Å². The molecule has 1 aliphatic heterocycles. The molecule has 0 unspecified atom stereocenters. The zero-order valence-electron chi connectivity index (χ0n) is 11.7. The molecule has 1 fully saturated rings. The highest BCUT2D eigenvalue weighted by atomic mass is 16.5. The number of ether oxygens (including phenoxy) is 1. The summed E-state index contributed by atoms with van der Waals surface area (Å²) in [6.07, 6.45) is 2.16. The van der Waals surface area contributed by atoms with E-state index < -0.39 is 0 Å². The molecular weight excluding hydrogens is 252 g/mol. The van der Waals surface area contributed by atoms with Crippen LogP contribution in [0.2, 0.25) is 0 Å². The van der Waals surface area contributed by atoms with Crippen LogP contribution in [0.15, 0.2) is 24.3 Å². The summed E-state index contributed by atoms with van der Waals surface area (Å²) in [6.45, 7) is 4.32. The lowest BCUT2D eigenvalue weighted by molar-refractivity contribution is 0.325. The first-order chi connectivity index (χ1) is 9.78. The minimum atomic E-state index is 0.200. The lowest BCUT2D eigenvalue weighted by Gasteiger charge is -2.32. The summed E-state index contributed by atoms with van der Waals surface area (Å²) in [5, 5.41) is 0. The van der Waals surface area contributed by atoms with Crippen molar-refractivity contribution in [3.8, 4) is 5.88 Å². The molecule has 2 aromatic rings. The summed E-state index contributed by atoms with van der Waals surface area (Å²) in [4.78, 5) is 11.5. The molecule has 3 rings (SSSR count). The number of benzene rings is 1. The first kappa shape index (κ1) is 13.1. The predicted molar refractivity (Wildman–Crippen MR) is 80.1 cm³/mol. The molecule has 2 N–H and O–H groups in total. The highest BCUT2D eigenvalue weighted by Gasteiger charge is 2.22. The Labute approximate surface area is 118 Å². The van der Waals surface area contributed by atoms with Gasteiger partial charge >= 0.3 is 0 Å². The van der Waals surface area contributed by atoms with E-state index in [0.717, 1.165) is 42.8 Å². The topological polar surface area (TPSA) is 64.3 Å². The lowest BCUT2D eigenvalue weighted by Crippen LogP contribution is -2.43. The summed E-state index contributed by atoms with van der Waals surface area (Å²) in [6, 6.07) is 8.07. The van der Waals surface area contributed by atoms with Crippen molar-refractivity contribution >= 4 is 16.9 Å². The minimum absolute atomic E-state index is 0.200. The number of para-hydroxylation sites is 2. The van der Waals surface area contributed by atoms with E-state index >= 15 is 0 Å². The van der Waals surface area contributed by atoms with Gasteiger partial charge in [0.1, 0.15) is 0 Å². The van der Waals surface area contributed by atoms with Crippen molar-refractivity contribution in [1.29, 1.82) is 0 Å². The minimum Gasteiger partial charge on any atom is -0.475 e. The number of fused-ring (bicyclic) bond motifs is 1. The maximum atomic E-state index is 6.07. The van der Waals surface area contributed by atoms with Crippen molar-refractivity contribution in [3.63, 3.8) is 0 Å². The predicted octanol–water partition coefficient (Wildman–Crippen LogP) is 1.96. The van der Waals surface area contributed by atoms with E-state index in [1.54, 1.807) is 0 Å². The molecule has 2 heterocycles. The van der Waals surface area contributed by atoms with Crippen LogP contribution in [0, 0.1) is 0 Å². The Morgan fingerprint density at radius 3 is 2.75 bits per heavy atom. The van der Waals surface area contributed by atoms with Crippen molar-refractivity contribution in [1.82, 2.24) is 9.97 Å². The average Bonchev–Trinajstić information content (AvgIpc) is 2.47. The third-order valence-corrected chi connectivity index (χ3v) is 3.56. The molecule has 106 valence electrons. The van der Waals surface area contributed by atoms with Crippen LogP contribution in [-0.4, -0.2) is 35.7 Å². The summed E-state index contributed by atoms with van der Waals surface area (Å²) >= 11 is 0. The molecule has 20 heavy (non-hydrogen) atoms. The number of rotatable bonds is 3. The first-order valence-electron chi connectivity index (χ1n) is 7.18. The number of anilines is 1. The number of nitrogens with two attached hydrogens (primary N) is 1. The maximum absolute atomic E-state index is 6.07.